The summed E-state index contributed by atoms with van der Waals surface area (Å²) in [6, 6.07) is 3.63. The largest absolute Gasteiger partial charge is 1.00 e. The van der Waals surface area contributed by atoms with Crippen LogP contribution in [0, 0.1) is 0 Å². The molecule has 1 N–H and O–H groups in total. The van der Waals surface area contributed by atoms with Gasteiger partial charge in [-0.25, -0.2) is 0 Å². The van der Waals surface area contributed by atoms with E-state index < -0.39 is 28.6 Å². The Kier molecular flexibility index (Phi) is 7.14. The second-order valence-electron chi connectivity index (χ2n) is 5.75. The van der Waals surface area contributed by atoms with E-state index in [1.54, 1.807) is 0 Å². The molecule has 3 atom stereocenters. The van der Waals surface area contributed by atoms with Gasteiger partial charge in [0.05, 0.1) is 11.7 Å². The predicted molar refractivity (Wildman–Crippen MR) is 91.6 cm³/mol. The Hall–Kier alpha value is -1.33. The molecular formula is C16H15N2NaO6S2. The maximum atomic E-state index is 12.6. The number of carboxylic acids is 1. The number of hydrogen-bond acceptors (Lipinski definition) is 8. The van der Waals surface area contributed by atoms with Gasteiger partial charge in [0.1, 0.15) is 23.3 Å². The van der Waals surface area contributed by atoms with E-state index in [4.69, 9.17) is 4.74 Å². The minimum atomic E-state index is -1.55. The molecule has 0 aromatic carbocycles. The van der Waals surface area contributed by atoms with Crippen molar-refractivity contribution in [2.24, 2.45) is 0 Å². The van der Waals surface area contributed by atoms with Crippen LogP contribution in [0.2, 0.25) is 0 Å². The predicted octanol–water partition coefficient (Wildman–Crippen LogP) is -3.22. The fraction of sp³-hybridized carbons (Fsp3) is 0.375. The number of esters is 1. The van der Waals surface area contributed by atoms with Crippen LogP contribution in [0.4, 0.5) is 0 Å². The van der Waals surface area contributed by atoms with Crippen molar-refractivity contribution in [2.75, 3.05) is 6.61 Å². The number of hydrogen-bond donors (Lipinski definition) is 1. The number of carbonyl (C=O) groups excluding carboxylic acids is 4. The molecule has 3 heterocycles. The summed E-state index contributed by atoms with van der Waals surface area (Å²) in [4.78, 5) is 49.0. The number of rotatable bonds is 5. The summed E-state index contributed by atoms with van der Waals surface area (Å²) < 4.78 is 4.93. The number of fused-ring (bicyclic) bond motifs is 1. The van der Waals surface area contributed by atoms with Gasteiger partial charge in [0.25, 0.3) is 0 Å². The normalized spacial score (nSPS) is 23.7. The van der Waals surface area contributed by atoms with Crippen molar-refractivity contribution in [1.29, 1.82) is 0 Å². The molecule has 1 fully saturated rings. The fourth-order valence-corrected chi connectivity index (χ4v) is 5.47. The number of nitrogens with zero attached hydrogens (tertiary/aromatic N) is 1. The number of ether oxygens (including phenoxy) is 1. The van der Waals surface area contributed by atoms with Crippen LogP contribution in [-0.4, -0.2) is 46.0 Å². The van der Waals surface area contributed by atoms with Gasteiger partial charge in [0.15, 0.2) is 0 Å². The number of β-lactam (4-membered cyclic amide) rings is 1. The van der Waals surface area contributed by atoms with Gasteiger partial charge in [0, 0.05) is 24.3 Å². The third kappa shape index (κ3) is 4.24. The molecular weight excluding hydrogens is 403 g/mol. The Bertz CT molecular complexity index is 810. The summed E-state index contributed by atoms with van der Waals surface area (Å²) in [7, 11) is 0. The molecule has 3 rings (SSSR count). The Balaban J connectivity index is 0.00000261. The van der Waals surface area contributed by atoms with Crippen LogP contribution < -0.4 is 40.0 Å². The third-order valence-corrected chi connectivity index (χ3v) is 6.38. The number of aliphatic carboxylic acids is 1. The van der Waals surface area contributed by atoms with E-state index in [1.165, 1.54) is 36.9 Å². The molecule has 0 bridgehead atoms. The second kappa shape index (κ2) is 8.78. The van der Waals surface area contributed by atoms with Crippen LogP contribution >= 0.6 is 23.1 Å². The SMILES string of the molecule is CC(=O)NC1S[C@@H]2[C@H](c3cccs3)C(=O)N2C(C(=O)[O-])=C1COC(C)=O.[Na+]. The average molecular weight is 418 g/mol. The molecule has 0 saturated carbocycles. The Morgan fingerprint density at radius 3 is 2.56 bits per heavy atom. The number of thioether (sulfide) groups is 1. The Morgan fingerprint density at radius 1 is 1.33 bits per heavy atom. The molecule has 8 nitrogen and oxygen atoms in total. The maximum Gasteiger partial charge on any atom is 1.00 e. The third-order valence-electron chi connectivity index (χ3n) is 3.99. The first-order valence-corrected chi connectivity index (χ1v) is 9.50. The molecule has 138 valence electrons. The molecule has 1 saturated heterocycles. The van der Waals surface area contributed by atoms with Crippen LogP contribution in [0.25, 0.3) is 0 Å². The number of carboxylic acid groups (broad SMARTS) is 1. The summed E-state index contributed by atoms with van der Waals surface area (Å²) >= 11 is 2.65. The molecule has 1 aromatic heterocycles. The fourth-order valence-electron chi connectivity index (χ4n) is 2.93. The summed E-state index contributed by atoms with van der Waals surface area (Å²) in [6.07, 6.45) is 0. The zero-order valence-electron chi connectivity index (χ0n) is 14.9. The summed E-state index contributed by atoms with van der Waals surface area (Å²) in [5, 5.41) is 15.0. The summed E-state index contributed by atoms with van der Waals surface area (Å²) in [5.41, 5.74) is -0.221. The van der Waals surface area contributed by atoms with Gasteiger partial charge in [-0.2, -0.15) is 0 Å². The van der Waals surface area contributed by atoms with E-state index in [0.717, 1.165) is 9.78 Å². The molecule has 1 aromatic rings. The van der Waals surface area contributed by atoms with E-state index in [9.17, 15) is 24.3 Å². The van der Waals surface area contributed by atoms with Crippen molar-refractivity contribution >= 4 is 46.9 Å². The molecule has 0 aliphatic carbocycles. The van der Waals surface area contributed by atoms with Gasteiger partial charge in [-0.1, -0.05) is 6.07 Å². The molecule has 0 radical (unpaired) electrons. The van der Waals surface area contributed by atoms with E-state index in [0.29, 0.717) is 0 Å². The van der Waals surface area contributed by atoms with Crippen LogP contribution in [0.3, 0.4) is 0 Å². The van der Waals surface area contributed by atoms with Crippen LogP contribution in [0.1, 0.15) is 24.6 Å². The monoisotopic (exact) mass is 418 g/mol. The van der Waals surface area contributed by atoms with Gasteiger partial charge in [-0.3, -0.25) is 19.3 Å². The van der Waals surface area contributed by atoms with Gasteiger partial charge in [-0.15, -0.1) is 23.1 Å². The number of amides is 2. The standard InChI is InChI=1S/C16H16N2O6S2.Na/c1-7(19)17-13-9(6-24-8(2)20)12(16(22)23)18-14(21)11(15(18)26-13)10-4-3-5-25-10;/h3-5,11,13,15H,6H2,1-2H3,(H,17,19)(H,22,23);/q;+1/p-1/t11-,13?,15-;/m1./s1. The quantitative estimate of drug-likeness (QED) is 0.304. The summed E-state index contributed by atoms with van der Waals surface area (Å²) in [5.74, 6) is -3.36. The second-order valence-corrected chi connectivity index (χ2v) is 7.96. The zero-order chi connectivity index (χ0) is 19.0. The first kappa shape index (κ1) is 22.0. The van der Waals surface area contributed by atoms with E-state index in [2.05, 4.69) is 5.32 Å². The smallest absolute Gasteiger partial charge is 0.543 e. The number of thiophene rings is 1. The van der Waals surface area contributed by atoms with Gasteiger partial charge >= 0.3 is 35.5 Å². The molecule has 11 heteroatoms. The van der Waals surface area contributed by atoms with Crippen molar-refractivity contribution in [2.45, 2.75) is 30.5 Å². The maximum absolute atomic E-state index is 12.6. The van der Waals surface area contributed by atoms with Crippen LogP contribution in [0.15, 0.2) is 28.8 Å². The van der Waals surface area contributed by atoms with Crippen LogP contribution in [0.5, 0.6) is 0 Å². The number of carbonyl (C=O) groups is 4. The van der Waals surface area contributed by atoms with Gasteiger partial charge in [-0.05, 0) is 11.4 Å². The van der Waals surface area contributed by atoms with E-state index in [-0.39, 0.29) is 59.2 Å². The average Bonchev–Trinajstić information content (AvgIpc) is 3.05. The molecule has 1 unspecified atom stereocenters. The molecule has 2 aliphatic heterocycles. The first-order chi connectivity index (χ1) is 12.3. The molecule has 2 aliphatic rings. The summed E-state index contributed by atoms with van der Waals surface area (Å²) in [6.45, 7) is 2.14. The minimum Gasteiger partial charge on any atom is -0.543 e. The van der Waals surface area contributed by atoms with Crippen molar-refractivity contribution in [3.63, 3.8) is 0 Å². The van der Waals surface area contributed by atoms with Crippen molar-refractivity contribution in [1.82, 2.24) is 10.2 Å². The van der Waals surface area contributed by atoms with Crippen molar-refractivity contribution < 1.29 is 58.6 Å². The van der Waals surface area contributed by atoms with Crippen LogP contribution in [-0.2, 0) is 23.9 Å². The van der Waals surface area contributed by atoms with E-state index >= 15 is 0 Å². The Labute approximate surface area is 185 Å². The molecule has 27 heavy (non-hydrogen) atoms. The van der Waals surface area contributed by atoms with E-state index in [1.807, 2.05) is 17.5 Å². The van der Waals surface area contributed by atoms with Gasteiger partial charge < -0.3 is 20.0 Å². The van der Waals surface area contributed by atoms with Gasteiger partial charge in [0.2, 0.25) is 11.8 Å². The first-order valence-electron chi connectivity index (χ1n) is 7.68. The topological polar surface area (TPSA) is 116 Å². The minimum absolute atomic E-state index is 0. The zero-order valence-corrected chi connectivity index (χ0v) is 18.5. The van der Waals surface area contributed by atoms with Crippen molar-refractivity contribution in [3.05, 3.63) is 33.7 Å². The van der Waals surface area contributed by atoms with Crippen molar-refractivity contribution in [3.8, 4) is 0 Å². The Morgan fingerprint density at radius 2 is 2.04 bits per heavy atom. The molecule has 0 spiro atoms. The molecule has 2 amide bonds. The number of nitrogens with one attached hydrogen (secondary N) is 1.